The van der Waals surface area contributed by atoms with E-state index in [9.17, 15) is 0 Å². The van der Waals surface area contributed by atoms with E-state index in [0.717, 1.165) is 36.5 Å². The van der Waals surface area contributed by atoms with Crippen molar-refractivity contribution in [2.45, 2.75) is 83.3 Å². The summed E-state index contributed by atoms with van der Waals surface area (Å²) >= 11 is 0. The van der Waals surface area contributed by atoms with Crippen LogP contribution in [0.4, 0.5) is 0 Å². The fourth-order valence-corrected chi connectivity index (χ4v) is 6.58. The van der Waals surface area contributed by atoms with Gasteiger partial charge in [-0.05, 0) is 97.8 Å². The summed E-state index contributed by atoms with van der Waals surface area (Å²) in [5.74, 6) is 3.73. The van der Waals surface area contributed by atoms with E-state index < -0.39 is 0 Å². The van der Waals surface area contributed by atoms with Gasteiger partial charge in [0, 0.05) is 6.42 Å². The molecule has 3 aliphatic carbocycles. The van der Waals surface area contributed by atoms with Crippen LogP contribution in [0.3, 0.4) is 0 Å². The van der Waals surface area contributed by atoms with Crippen molar-refractivity contribution in [3.8, 4) is 5.75 Å². The van der Waals surface area contributed by atoms with E-state index in [-0.39, 0.29) is 6.29 Å². The summed E-state index contributed by atoms with van der Waals surface area (Å²) in [4.78, 5) is 0. The van der Waals surface area contributed by atoms with Crippen LogP contribution in [0.2, 0.25) is 0 Å². The molecule has 1 aromatic rings. The van der Waals surface area contributed by atoms with Crippen LogP contribution in [0, 0.1) is 17.3 Å². The van der Waals surface area contributed by atoms with Crippen molar-refractivity contribution in [1.82, 2.24) is 0 Å². The normalized spacial score (nSPS) is 40.0. The van der Waals surface area contributed by atoms with Crippen molar-refractivity contribution < 1.29 is 9.47 Å². The number of fused-ring (bicyclic) bond motifs is 5. The molecular formula is C23H32O2. The van der Waals surface area contributed by atoms with Crippen molar-refractivity contribution in [2.24, 2.45) is 17.3 Å². The minimum atomic E-state index is -0.0305. The minimum absolute atomic E-state index is 0.0305. The molecule has 136 valence electrons. The molecule has 1 saturated heterocycles. The summed E-state index contributed by atoms with van der Waals surface area (Å²) in [6, 6.07) is 6.93. The molecule has 1 aromatic carbocycles. The van der Waals surface area contributed by atoms with Crippen molar-refractivity contribution >= 4 is 0 Å². The van der Waals surface area contributed by atoms with Crippen LogP contribution in [0.1, 0.15) is 81.8 Å². The monoisotopic (exact) mass is 340 g/mol. The molecule has 25 heavy (non-hydrogen) atoms. The molecule has 5 rings (SSSR count). The maximum atomic E-state index is 6.12. The first-order chi connectivity index (χ1) is 12.2. The lowest BCUT2D eigenvalue weighted by molar-refractivity contribution is -0.105. The van der Waals surface area contributed by atoms with E-state index in [2.05, 4.69) is 25.1 Å². The van der Waals surface area contributed by atoms with Crippen LogP contribution in [0.25, 0.3) is 0 Å². The van der Waals surface area contributed by atoms with Crippen LogP contribution >= 0.6 is 0 Å². The first kappa shape index (κ1) is 16.2. The Morgan fingerprint density at radius 2 is 2.00 bits per heavy atom. The lowest BCUT2D eigenvalue weighted by atomic mass is 9.56. The summed E-state index contributed by atoms with van der Waals surface area (Å²) in [6.45, 7) is 3.43. The summed E-state index contributed by atoms with van der Waals surface area (Å²) in [7, 11) is 0. The Morgan fingerprint density at radius 1 is 1.04 bits per heavy atom. The molecule has 4 aliphatic rings. The maximum absolute atomic E-state index is 6.12. The molecule has 1 unspecified atom stereocenters. The molecular weight excluding hydrogens is 308 g/mol. The molecule has 0 amide bonds. The molecule has 0 N–H and O–H groups in total. The highest BCUT2D eigenvalue weighted by molar-refractivity contribution is 5.40. The zero-order valence-electron chi connectivity index (χ0n) is 15.6. The third-order valence-electron chi connectivity index (χ3n) is 7.88. The minimum Gasteiger partial charge on any atom is -0.465 e. The van der Waals surface area contributed by atoms with E-state index in [1.165, 1.54) is 57.8 Å². The van der Waals surface area contributed by atoms with Gasteiger partial charge in [-0.25, -0.2) is 0 Å². The number of ether oxygens (including phenoxy) is 2. The second-order valence-electron chi connectivity index (χ2n) is 9.28. The summed E-state index contributed by atoms with van der Waals surface area (Å²) in [6.07, 6.45) is 13.3. The summed E-state index contributed by atoms with van der Waals surface area (Å²) in [5, 5.41) is 0. The smallest absolute Gasteiger partial charge is 0.199 e. The highest BCUT2D eigenvalue weighted by atomic mass is 16.7. The molecule has 0 bridgehead atoms. The Labute approximate surface area is 152 Å². The molecule has 0 spiro atoms. The molecule has 2 nitrogen and oxygen atoms in total. The second-order valence-corrected chi connectivity index (χ2v) is 9.28. The quantitative estimate of drug-likeness (QED) is 0.673. The van der Waals surface area contributed by atoms with E-state index >= 15 is 0 Å². The molecule has 1 aliphatic heterocycles. The fraction of sp³-hybridized carbons (Fsp3) is 0.739. The molecule has 0 radical (unpaired) electrons. The van der Waals surface area contributed by atoms with Gasteiger partial charge >= 0.3 is 0 Å². The predicted molar refractivity (Wildman–Crippen MR) is 99.9 cm³/mol. The van der Waals surface area contributed by atoms with E-state index in [1.54, 1.807) is 11.1 Å². The lowest BCUT2D eigenvalue weighted by Gasteiger charge is -2.49. The SMILES string of the molecule is C[C@@]12CCC[C@H]1[C@@H]1CCc3cc(OC4CCCCO4)ccc3[C@H]1CC2. The molecule has 3 fully saturated rings. The van der Waals surface area contributed by atoms with Crippen LogP contribution < -0.4 is 4.74 Å². The van der Waals surface area contributed by atoms with E-state index in [1.807, 2.05) is 0 Å². The first-order valence-electron chi connectivity index (χ1n) is 10.6. The van der Waals surface area contributed by atoms with Gasteiger partial charge in [-0.3, -0.25) is 0 Å². The lowest BCUT2D eigenvalue weighted by Crippen LogP contribution is -2.39. The third-order valence-corrected chi connectivity index (χ3v) is 7.88. The molecule has 2 heteroatoms. The average molecular weight is 341 g/mol. The van der Waals surface area contributed by atoms with Gasteiger partial charge in [-0.2, -0.15) is 0 Å². The average Bonchev–Trinajstić information content (AvgIpc) is 3.04. The first-order valence-corrected chi connectivity index (χ1v) is 10.6. The van der Waals surface area contributed by atoms with Crippen LogP contribution in [0.5, 0.6) is 5.75 Å². The predicted octanol–water partition coefficient (Wildman–Crippen LogP) is 5.84. The van der Waals surface area contributed by atoms with Crippen LogP contribution in [0.15, 0.2) is 18.2 Å². The Balaban J connectivity index is 1.36. The van der Waals surface area contributed by atoms with Gasteiger partial charge in [0.2, 0.25) is 0 Å². The highest BCUT2D eigenvalue weighted by Crippen LogP contribution is 2.60. The van der Waals surface area contributed by atoms with Gasteiger partial charge in [0.05, 0.1) is 6.61 Å². The Kier molecular flexibility index (Phi) is 4.08. The summed E-state index contributed by atoms with van der Waals surface area (Å²) in [5.41, 5.74) is 3.85. The number of hydrogen-bond donors (Lipinski definition) is 0. The fourth-order valence-electron chi connectivity index (χ4n) is 6.58. The van der Waals surface area contributed by atoms with E-state index in [4.69, 9.17) is 9.47 Å². The Hall–Kier alpha value is -1.02. The van der Waals surface area contributed by atoms with Gasteiger partial charge in [-0.1, -0.05) is 19.4 Å². The molecule has 2 saturated carbocycles. The second kappa shape index (κ2) is 6.30. The van der Waals surface area contributed by atoms with Crippen molar-refractivity contribution in [3.63, 3.8) is 0 Å². The van der Waals surface area contributed by atoms with Gasteiger partial charge in [-0.15, -0.1) is 0 Å². The van der Waals surface area contributed by atoms with Crippen molar-refractivity contribution in [1.29, 1.82) is 0 Å². The van der Waals surface area contributed by atoms with Crippen LogP contribution in [-0.2, 0) is 11.2 Å². The zero-order valence-corrected chi connectivity index (χ0v) is 15.6. The molecule has 0 aromatic heterocycles. The number of benzene rings is 1. The standard InChI is InChI=1S/C23H32O2/c1-23-12-4-5-21(23)20-9-7-16-15-17(25-22-6-2-3-14-24-22)8-10-18(16)19(20)11-13-23/h8,10,15,19-22H,2-7,9,11-14H2,1H3/t19-,20-,21+,22?,23+/m1/s1. The number of hydrogen-bond acceptors (Lipinski definition) is 2. The molecule has 5 atom stereocenters. The topological polar surface area (TPSA) is 18.5 Å². The van der Waals surface area contributed by atoms with E-state index in [0.29, 0.717) is 5.41 Å². The third kappa shape index (κ3) is 2.81. The van der Waals surface area contributed by atoms with Crippen molar-refractivity contribution in [2.75, 3.05) is 6.61 Å². The van der Waals surface area contributed by atoms with Gasteiger partial charge in [0.15, 0.2) is 6.29 Å². The largest absolute Gasteiger partial charge is 0.465 e. The Morgan fingerprint density at radius 3 is 2.88 bits per heavy atom. The Bertz CT molecular complexity index is 633. The van der Waals surface area contributed by atoms with Crippen LogP contribution in [-0.4, -0.2) is 12.9 Å². The number of aryl methyl sites for hydroxylation is 1. The van der Waals surface area contributed by atoms with Crippen molar-refractivity contribution in [3.05, 3.63) is 29.3 Å². The number of rotatable bonds is 2. The summed E-state index contributed by atoms with van der Waals surface area (Å²) < 4.78 is 11.9. The van der Waals surface area contributed by atoms with Gasteiger partial charge < -0.3 is 9.47 Å². The molecule has 1 heterocycles. The maximum Gasteiger partial charge on any atom is 0.199 e. The van der Waals surface area contributed by atoms with Gasteiger partial charge in [0.25, 0.3) is 0 Å². The zero-order chi connectivity index (χ0) is 16.9. The van der Waals surface area contributed by atoms with Gasteiger partial charge in [0.1, 0.15) is 5.75 Å². The highest BCUT2D eigenvalue weighted by Gasteiger charge is 2.50.